The molecule has 0 amide bonds. The van der Waals surface area contributed by atoms with Gasteiger partial charge < -0.3 is 5.73 Å². The van der Waals surface area contributed by atoms with Gasteiger partial charge in [-0.3, -0.25) is 4.72 Å². The zero-order valence-electron chi connectivity index (χ0n) is 9.05. The molecular formula is C9H12BrN3O2S2. The summed E-state index contributed by atoms with van der Waals surface area (Å²) in [4.78, 5) is 3.87. The largest absolute Gasteiger partial charge is 0.392 e. The van der Waals surface area contributed by atoms with Gasteiger partial charge in [-0.25, -0.2) is 13.4 Å². The van der Waals surface area contributed by atoms with E-state index in [1.807, 2.05) is 0 Å². The van der Waals surface area contributed by atoms with Crippen molar-refractivity contribution in [3.05, 3.63) is 22.8 Å². The number of hydrogen-bond acceptors (Lipinski definition) is 4. The van der Waals surface area contributed by atoms with E-state index in [2.05, 4.69) is 25.6 Å². The van der Waals surface area contributed by atoms with Crippen molar-refractivity contribution in [3.63, 3.8) is 0 Å². The Hall–Kier alpha value is -0.730. The molecule has 1 aromatic rings. The highest BCUT2D eigenvalue weighted by Crippen LogP contribution is 2.14. The lowest BCUT2D eigenvalue weighted by Crippen LogP contribution is -2.37. The maximum Gasteiger partial charge on any atom is 0.243 e. The molecule has 0 spiro atoms. The van der Waals surface area contributed by atoms with Gasteiger partial charge in [0.2, 0.25) is 10.0 Å². The molecule has 1 atom stereocenters. The number of halogens is 1. The smallest absolute Gasteiger partial charge is 0.243 e. The summed E-state index contributed by atoms with van der Waals surface area (Å²) in [6, 6.07) is 3.24. The second kappa shape index (κ2) is 5.74. The van der Waals surface area contributed by atoms with Gasteiger partial charge in [0.1, 0.15) is 11.1 Å². The molecule has 0 fully saturated rings. The van der Waals surface area contributed by atoms with Crippen molar-refractivity contribution >= 4 is 49.0 Å². The Morgan fingerprint density at radius 2 is 2.29 bits per heavy atom. The molecule has 0 aromatic carbocycles. The molecule has 1 unspecified atom stereocenters. The summed E-state index contributed by atoms with van der Waals surface area (Å²) in [7, 11) is -3.63. The number of nitrogens with two attached hydrogens (primary N) is 1. The summed E-state index contributed by atoms with van der Waals surface area (Å²) < 4.78 is 27.0. The van der Waals surface area contributed by atoms with Crippen LogP contribution in [0.3, 0.4) is 0 Å². The summed E-state index contributed by atoms with van der Waals surface area (Å²) in [5, 5.41) is -0.886. The maximum atomic E-state index is 11.9. The molecule has 94 valence electrons. The minimum atomic E-state index is -3.63. The van der Waals surface area contributed by atoms with Crippen LogP contribution in [0.5, 0.6) is 0 Å². The van der Waals surface area contributed by atoms with Crippen LogP contribution in [0.15, 0.2) is 22.8 Å². The fourth-order valence-electron chi connectivity index (χ4n) is 1.23. The van der Waals surface area contributed by atoms with E-state index in [4.69, 9.17) is 18.0 Å². The molecule has 1 heterocycles. The molecule has 0 aliphatic carbocycles. The topological polar surface area (TPSA) is 85.1 Å². The van der Waals surface area contributed by atoms with Gasteiger partial charge in [-0.2, -0.15) is 0 Å². The molecule has 1 rings (SSSR count). The lowest BCUT2D eigenvalue weighted by atomic mass is 10.3. The Labute approximate surface area is 114 Å². The van der Waals surface area contributed by atoms with Gasteiger partial charge in [0.25, 0.3) is 0 Å². The summed E-state index contributed by atoms with van der Waals surface area (Å²) in [5.74, 6) is 0.239. The van der Waals surface area contributed by atoms with Crippen molar-refractivity contribution in [3.8, 4) is 0 Å². The molecule has 0 aliphatic heterocycles. The van der Waals surface area contributed by atoms with Gasteiger partial charge in [0, 0.05) is 10.7 Å². The molecule has 8 heteroatoms. The average molecular weight is 338 g/mol. The SMILES string of the molecule is CCC(C(N)=S)S(=O)(=O)Nc1ccc(Br)cn1. The number of nitrogens with one attached hydrogen (secondary N) is 1. The van der Waals surface area contributed by atoms with Crippen molar-refractivity contribution in [2.45, 2.75) is 18.6 Å². The van der Waals surface area contributed by atoms with Crippen molar-refractivity contribution in [1.29, 1.82) is 0 Å². The van der Waals surface area contributed by atoms with Crippen molar-refractivity contribution in [2.75, 3.05) is 4.72 Å². The van der Waals surface area contributed by atoms with E-state index in [0.29, 0.717) is 6.42 Å². The number of aromatic nitrogens is 1. The minimum Gasteiger partial charge on any atom is -0.392 e. The van der Waals surface area contributed by atoms with E-state index in [1.54, 1.807) is 19.1 Å². The molecule has 0 aliphatic rings. The highest BCUT2D eigenvalue weighted by atomic mass is 79.9. The number of rotatable bonds is 5. The third kappa shape index (κ3) is 3.90. The molecule has 0 saturated heterocycles. The van der Waals surface area contributed by atoms with E-state index in [1.165, 1.54) is 6.20 Å². The maximum absolute atomic E-state index is 11.9. The number of sulfonamides is 1. The number of nitrogens with zero attached hydrogens (tertiary/aromatic N) is 1. The Morgan fingerprint density at radius 1 is 1.65 bits per heavy atom. The third-order valence-electron chi connectivity index (χ3n) is 2.04. The molecule has 0 bridgehead atoms. The highest BCUT2D eigenvalue weighted by Gasteiger charge is 2.26. The van der Waals surface area contributed by atoms with Crippen LogP contribution in [-0.2, 0) is 10.0 Å². The van der Waals surface area contributed by atoms with Crippen molar-refractivity contribution in [2.24, 2.45) is 5.73 Å². The van der Waals surface area contributed by atoms with Crippen LogP contribution in [0.25, 0.3) is 0 Å². The molecular weight excluding hydrogens is 326 g/mol. The predicted molar refractivity (Wildman–Crippen MR) is 75.3 cm³/mol. The van der Waals surface area contributed by atoms with Gasteiger partial charge >= 0.3 is 0 Å². The van der Waals surface area contributed by atoms with Gasteiger partial charge in [0.15, 0.2) is 0 Å². The quantitative estimate of drug-likeness (QED) is 0.798. The van der Waals surface area contributed by atoms with Gasteiger partial charge in [-0.05, 0) is 34.5 Å². The Balaban J connectivity index is 2.93. The average Bonchev–Trinajstić information content (AvgIpc) is 2.21. The summed E-state index contributed by atoms with van der Waals surface area (Å²) >= 11 is 7.94. The van der Waals surface area contributed by atoms with Gasteiger partial charge in [-0.1, -0.05) is 19.1 Å². The van der Waals surface area contributed by atoms with E-state index >= 15 is 0 Å². The molecule has 17 heavy (non-hydrogen) atoms. The fraction of sp³-hybridized carbons (Fsp3) is 0.333. The number of anilines is 1. The van der Waals surface area contributed by atoms with Crippen LogP contribution in [0.4, 0.5) is 5.82 Å². The van der Waals surface area contributed by atoms with Crippen molar-refractivity contribution < 1.29 is 8.42 Å². The summed E-state index contributed by atoms with van der Waals surface area (Å²) in [5.41, 5.74) is 5.40. The fourth-order valence-corrected chi connectivity index (χ4v) is 3.31. The Morgan fingerprint density at radius 3 is 2.71 bits per heavy atom. The predicted octanol–water partition coefficient (Wildman–Crippen LogP) is 1.65. The molecule has 0 radical (unpaired) electrons. The van der Waals surface area contributed by atoms with Gasteiger partial charge in [0.05, 0.1) is 4.99 Å². The monoisotopic (exact) mass is 337 g/mol. The zero-order valence-corrected chi connectivity index (χ0v) is 12.3. The highest BCUT2D eigenvalue weighted by molar-refractivity contribution is 9.10. The van der Waals surface area contributed by atoms with Gasteiger partial charge in [-0.15, -0.1) is 0 Å². The first kappa shape index (κ1) is 14.3. The van der Waals surface area contributed by atoms with Crippen LogP contribution >= 0.6 is 28.1 Å². The third-order valence-corrected chi connectivity index (χ3v) is 4.77. The van der Waals surface area contributed by atoms with E-state index < -0.39 is 15.3 Å². The number of pyridine rings is 1. The van der Waals surface area contributed by atoms with Crippen LogP contribution in [0.1, 0.15) is 13.3 Å². The van der Waals surface area contributed by atoms with Crippen molar-refractivity contribution in [1.82, 2.24) is 4.98 Å². The summed E-state index contributed by atoms with van der Waals surface area (Å²) in [6.45, 7) is 1.71. The lowest BCUT2D eigenvalue weighted by Gasteiger charge is -2.15. The molecule has 5 nitrogen and oxygen atoms in total. The minimum absolute atomic E-state index is 0.0443. The second-order valence-corrected chi connectivity index (χ2v) is 6.56. The number of thiocarbonyl (C=S) groups is 1. The zero-order chi connectivity index (χ0) is 13.1. The van der Waals surface area contributed by atoms with Crippen LogP contribution < -0.4 is 10.5 Å². The normalized spacial score (nSPS) is 13.1. The standard InChI is InChI=1S/C9H12BrN3O2S2/c1-2-7(9(11)16)17(14,15)13-8-4-3-6(10)5-12-8/h3-5,7H,2H2,1H3,(H2,11,16)(H,12,13). The number of hydrogen-bond donors (Lipinski definition) is 2. The Bertz CT molecular complexity index is 501. The van der Waals surface area contributed by atoms with Crippen LogP contribution in [-0.4, -0.2) is 23.6 Å². The van der Waals surface area contributed by atoms with E-state index in [9.17, 15) is 8.42 Å². The van der Waals surface area contributed by atoms with Crippen LogP contribution in [0.2, 0.25) is 0 Å². The first-order valence-corrected chi connectivity index (χ1v) is 7.54. The lowest BCUT2D eigenvalue weighted by molar-refractivity contribution is 0.594. The van der Waals surface area contributed by atoms with Crippen LogP contribution in [0, 0.1) is 0 Å². The molecule has 1 aromatic heterocycles. The van der Waals surface area contributed by atoms with E-state index in [-0.39, 0.29) is 10.8 Å². The molecule has 0 saturated carbocycles. The van der Waals surface area contributed by atoms with E-state index in [0.717, 1.165) is 4.47 Å². The first-order valence-electron chi connectivity index (χ1n) is 4.79. The Kier molecular flexibility index (Phi) is 4.84. The summed E-state index contributed by atoms with van der Waals surface area (Å²) in [6.07, 6.45) is 1.82. The second-order valence-electron chi connectivity index (χ2n) is 3.31. The molecule has 3 N–H and O–H groups in total. The first-order chi connectivity index (χ1) is 7.86.